The van der Waals surface area contributed by atoms with Crippen molar-refractivity contribution in [2.75, 3.05) is 45.9 Å². The van der Waals surface area contributed by atoms with Crippen LogP contribution < -0.4 is 10.6 Å². The molecule has 2 amide bonds. The van der Waals surface area contributed by atoms with Gasteiger partial charge in [0.05, 0.1) is 13.2 Å². The summed E-state index contributed by atoms with van der Waals surface area (Å²) in [5.41, 5.74) is 0. The second-order valence-corrected chi connectivity index (χ2v) is 6.44. The van der Waals surface area contributed by atoms with E-state index in [1.807, 2.05) is 0 Å². The smallest absolute Gasteiger partial charge is 0.309 e. The summed E-state index contributed by atoms with van der Waals surface area (Å²) in [6.45, 7) is 7.75. The van der Waals surface area contributed by atoms with E-state index in [0.29, 0.717) is 13.1 Å². The lowest BCUT2D eigenvalue weighted by atomic mass is 10.1. The Morgan fingerprint density at radius 3 is 2.00 bits per heavy atom. The van der Waals surface area contributed by atoms with E-state index in [-0.39, 0.29) is 0 Å². The van der Waals surface area contributed by atoms with Crippen molar-refractivity contribution in [3.8, 4) is 0 Å². The summed E-state index contributed by atoms with van der Waals surface area (Å²) in [4.78, 5) is 25.7. The topological polar surface area (TPSA) is 70.7 Å². The Labute approximate surface area is 146 Å². The van der Waals surface area contributed by atoms with Gasteiger partial charge in [0.15, 0.2) is 0 Å². The summed E-state index contributed by atoms with van der Waals surface area (Å²) in [6.07, 6.45) is 9.27. The van der Waals surface area contributed by atoms with Gasteiger partial charge in [-0.2, -0.15) is 0 Å². The van der Waals surface area contributed by atoms with Crippen LogP contribution in [-0.2, 0) is 14.3 Å². The summed E-state index contributed by atoms with van der Waals surface area (Å²) in [6, 6.07) is 0. The summed E-state index contributed by atoms with van der Waals surface area (Å²) >= 11 is 0. The third kappa shape index (κ3) is 10.6. The number of rotatable bonds is 12. The standard InChI is InChI=1S/C18H35N3O3/c1-2-3-4-5-6-7-8-10-19-17(22)18(23)20-11-9-12-21-13-15-24-16-14-21/h2-16H2,1H3,(H,19,22)(H,20,23). The lowest BCUT2D eigenvalue weighted by Gasteiger charge is -2.26. The van der Waals surface area contributed by atoms with Crippen molar-refractivity contribution in [2.45, 2.75) is 58.3 Å². The zero-order valence-corrected chi connectivity index (χ0v) is 15.3. The van der Waals surface area contributed by atoms with Crippen LogP contribution in [0.15, 0.2) is 0 Å². The van der Waals surface area contributed by atoms with Crippen molar-refractivity contribution in [3.63, 3.8) is 0 Å². The van der Waals surface area contributed by atoms with Gasteiger partial charge in [0.25, 0.3) is 0 Å². The van der Waals surface area contributed by atoms with Crippen LogP contribution >= 0.6 is 0 Å². The maximum atomic E-state index is 11.7. The Morgan fingerprint density at radius 1 is 0.833 bits per heavy atom. The van der Waals surface area contributed by atoms with Crippen LogP contribution in [0.2, 0.25) is 0 Å². The van der Waals surface area contributed by atoms with Gasteiger partial charge in [-0.3, -0.25) is 14.5 Å². The quantitative estimate of drug-likeness (QED) is 0.419. The number of nitrogens with zero attached hydrogens (tertiary/aromatic N) is 1. The summed E-state index contributed by atoms with van der Waals surface area (Å²) in [5.74, 6) is -1.02. The van der Waals surface area contributed by atoms with E-state index in [2.05, 4.69) is 22.5 Å². The Balaban J connectivity index is 1.91. The second-order valence-electron chi connectivity index (χ2n) is 6.44. The first-order valence-electron chi connectivity index (χ1n) is 9.60. The molecule has 140 valence electrons. The van der Waals surface area contributed by atoms with Crippen molar-refractivity contribution < 1.29 is 14.3 Å². The maximum absolute atomic E-state index is 11.7. The Hall–Kier alpha value is -1.14. The van der Waals surface area contributed by atoms with Crippen LogP contribution in [-0.4, -0.2) is 62.7 Å². The van der Waals surface area contributed by atoms with Crippen molar-refractivity contribution >= 4 is 11.8 Å². The number of hydrogen-bond acceptors (Lipinski definition) is 4. The molecule has 0 aromatic carbocycles. The predicted octanol–water partition coefficient (Wildman–Crippen LogP) is 1.69. The van der Waals surface area contributed by atoms with Gasteiger partial charge in [0.1, 0.15) is 0 Å². The van der Waals surface area contributed by atoms with Crippen molar-refractivity contribution in [1.29, 1.82) is 0 Å². The zero-order valence-electron chi connectivity index (χ0n) is 15.3. The van der Waals surface area contributed by atoms with Gasteiger partial charge in [-0.1, -0.05) is 45.4 Å². The summed E-state index contributed by atoms with van der Waals surface area (Å²) in [5, 5.41) is 5.39. The molecule has 1 rings (SSSR count). The Bertz CT molecular complexity index is 344. The Morgan fingerprint density at radius 2 is 1.38 bits per heavy atom. The lowest BCUT2D eigenvalue weighted by molar-refractivity contribution is -0.139. The molecule has 0 bridgehead atoms. The highest BCUT2D eigenvalue weighted by atomic mass is 16.5. The molecule has 1 saturated heterocycles. The van der Waals surface area contributed by atoms with Crippen molar-refractivity contribution in [1.82, 2.24) is 15.5 Å². The monoisotopic (exact) mass is 341 g/mol. The third-order valence-electron chi connectivity index (χ3n) is 4.31. The molecule has 0 saturated carbocycles. The Kier molecular flexibility index (Phi) is 12.4. The molecule has 6 nitrogen and oxygen atoms in total. The zero-order chi connectivity index (χ0) is 17.5. The number of ether oxygens (including phenoxy) is 1. The average Bonchev–Trinajstić information content (AvgIpc) is 2.61. The van der Waals surface area contributed by atoms with E-state index in [4.69, 9.17) is 4.74 Å². The van der Waals surface area contributed by atoms with Crippen LogP contribution in [0, 0.1) is 0 Å². The molecule has 24 heavy (non-hydrogen) atoms. The average molecular weight is 341 g/mol. The van der Waals surface area contributed by atoms with Crippen LogP contribution in [0.4, 0.5) is 0 Å². The molecule has 2 N–H and O–H groups in total. The van der Waals surface area contributed by atoms with Gasteiger partial charge in [-0.15, -0.1) is 0 Å². The minimum atomic E-state index is -0.514. The fourth-order valence-corrected chi connectivity index (χ4v) is 2.77. The van der Waals surface area contributed by atoms with Crippen LogP contribution in [0.1, 0.15) is 58.3 Å². The first kappa shape index (κ1) is 20.9. The molecule has 0 aliphatic carbocycles. The van der Waals surface area contributed by atoms with E-state index in [9.17, 15) is 9.59 Å². The molecular weight excluding hydrogens is 306 g/mol. The molecule has 0 radical (unpaired) electrons. The van der Waals surface area contributed by atoms with Gasteiger partial charge in [0.2, 0.25) is 0 Å². The molecule has 1 aliphatic heterocycles. The fraction of sp³-hybridized carbons (Fsp3) is 0.889. The number of unbranched alkanes of at least 4 members (excludes halogenated alkanes) is 6. The lowest BCUT2D eigenvalue weighted by Crippen LogP contribution is -2.42. The SMILES string of the molecule is CCCCCCCCCNC(=O)C(=O)NCCCN1CCOCC1. The van der Waals surface area contributed by atoms with Gasteiger partial charge in [-0.25, -0.2) is 0 Å². The molecular formula is C18H35N3O3. The highest BCUT2D eigenvalue weighted by Crippen LogP contribution is 2.06. The molecule has 6 heteroatoms. The normalized spacial score (nSPS) is 15.2. The van der Waals surface area contributed by atoms with E-state index < -0.39 is 11.8 Å². The number of morpholine rings is 1. The van der Waals surface area contributed by atoms with Gasteiger partial charge in [-0.05, 0) is 19.4 Å². The highest BCUT2D eigenvalue weighted by Gasteiger charge is 2.13. The number of nitrogens with one attached hydrogen (secondary N) is 2. The molecule has 0 unspecified atom stereocenters. The van der Waals surface area contributed by atoms with Gasteiger partial charge < -0.3 is 15.4 Å². The number of carbonyl (C=O) groups is 2. The minimum Gasteiger partial charge on any atom is -0.379 e. The number of carbonyl (C=O) groups excluding carboxylic acids is 2. The third-order valence-corrected chi connectivity index (χ3v) is 4.31. The van der Waals surface area contributed by atoms with E-state index in [1.165, 1.54) is 32.1 Å². The van der Waals surface area contributed by atoms with Crippen LogP contribution in [0.5, 0.6) is 0 Å². The van der Waals surface area contributed by atoms with E-state index in [0.717, 1.165) is 52.1 Å². The molecule has 0 aromatic rings. The molecule has 1 aliphatic rings. The van der Waals surface area contributed by atoms with E-state index >= 15 is 0 Å². The first-order chi connectivity index (χ1) is 11.7. The largest absolute Gasteiger partial charge is 0.379 e. The van der Waals surface area contributed by atoms with Crippen LogP contribution in [0.3, 0.4) is 0 Å². The number of hydrogen-bond donors (Lipinski definition) is 2. The first-order valence-corrected chi connectivity index (χ1v) is 9.60. The van der Waals surface area contributed by atoms with Gasteiger partial charge in [0, 0.05) is 26.2 Å². The molecule has 0 atom stereocenters. The fourth-order valence-electron chi connectivity index (χ4n) is 2.77. The summed E-state index contributed by atoms with van der Waals surface area (Å²) in [7, 11) is 0. The molecule has 0 spiro atoms. The summed E-state index contributed by atoms with van der Waals surface area (Å²) < 4.78 is 5.29. The second kappa shape index (κ2) is 14.2. The van der Waals surface area contributed by atoms with Gasteiger partial charge >= 0.3 is 11.8 Å². The van der Waals surface area contributed by atoms with Crippen molar-refractivity contribution in [3.05, 3.63) is 0 Å². The predicted molar refractivity (Wildman–Crippen MR) is 95.9 cm³/mol. The van der Waals surface area contributed by atoms with Crippen molar-refractivity contribution in [2.24, 2.45) is 0 Å². The molecule has 0 aromatic heterocycles. The molecule has 1 fully saturated rings. The molecule has 1 heterocycles. The number of amides is 2. The van der Waals surface area contributed by atoms with E-state index in [1.54, 1.807) is 0 Å². The maximum Gasteiger partial charge on any atom is 0.309 e. The minimum absolute atomic E-state index is 0.507. The highest BCUT2D eigenvalue weighted by molar-refractivity contribution is 6.35. The van der Waals surface area contributed by atoms with Crippen LogP contribution in [0.25, 0.3) is 0 Å².